The summed E-state index contributed by atoms with van der Waals surface area (Å²) in [7, 11) is 0. The van der Waals surface area contributed by atoms with Crippen LogP contribution in [0.4, 0.5) is 0 Å². The summed E-state index contributed by atoms with van der Waals surface area (Å²) in [5, 5.41) is 12.8. The van der Waals surface area contributed by atoms with Crippen LogP contribution in [0, 0.1) is 5.92 Å². The summed E-state index contributed by atoms with van der Waals surface area (Å²) >= 11 is 0. The van der Waals surface area contributed by atoms with Gasteiger partial charge in [-0.2, -0.15) is 0 Å². The Morgan fingerprint density at radius 3 is 2.47 bits per heavy atom. The summed E-state index contributed by atoms with van der Waals surface area (Å²) in [5.74, 6) is 0.728. The molecule has 1 fully saturated rings. The molecule has 0 heterocycles. The maximum Gasteiger partial charge on any atom is 0.0582 e. The molecule has 2 atom stereocenters. The van der Waals surface area contributed by atoms with Crippen molar-refractivity contribution in [3.63, 3.8) is 0 Å². The van der Waals surface area contributed by atoms with Crippen LogP contribution in [-0.2, 0) is 0 Å². The van der Waals surface area contributed by atoms with E-state index >= 15 is 0 Å². The number of benzene rings is 1. The van der Waals surface area contributed by atoms with Crippen LogP contribution in [-0.4, -0.2) is 17.8 Å². The minimum absolute atomic E-state index is 0.167. The number of rotatable bonds is 5. The minimum Gasteiger partial charge on any atom is -0.395 e. The summed E-state index contributed by atoms with van der Waals surface area (Å²) < 4.78 is 0. The van der Waals surface area contributed by atoms with E-state index in [-0.39, 0.29) is 12.6 Å². The van der Waals surface area contributed by atoms with E-state index in [0.29, 0.717) is 6.04 Å². The number of hydrogen-bond acceptors (Lipinski definition) is 2. The Kier molecular flexibility index (Phi) is 4.57. The quantitative estimate of drug-likeness (QED) is 0.819. The van der Waals surface area contributed by atoms with E-state index in [9.17, 15) is 5.11 Å². The molecule has 1 aromatic carbocycles. The molecule has 2 rings (SSSR count). The summed E-state index contributed by atoms with van der Waals surface area (Å²) in [6, 6.07) is 11.2. The maximum atomic E-state index is 9.21. The highest BCUT2D eigenvalue weighted by Crippen LogP contribution is 2.35. The largest absolute Gasteiger partial charge is 0.395 e. The van der Waals surface area contributed by atoms with E-state index in [4.69, 9.17) is 0 Å². The van der Waals surface area contributed by atoms with Gasteiger partial charge in [0.25, 0.3) is 0 Å². The Bertz CT molecular complexity index is 319. The summed E-state index contributed by atoms with van der Waals surface area (Å²) in [4.78, 5) is 0. The van der Waals surface area contributed by atoms with Crippen LogP contribution in [0.3, 0.4) is 0 Å². The van der Waals surface area contributed by atoms with Gasteiger partial charge in [-0.3, -0.25) is 0 Å². The fourth-order valence-corrected chi connectivity index (χ4v) is 2.81. The number of nitrogens with one attached hydrogen (secondary N) is 1. The van der Waals surface area contributed by atoms with Crippen molar-refractivity contribution >= 4 is 0 Å². The summed E-state index contributed by atoms with van der Waals surface area (Å²) in [6.45, 7) is 2.25. The van der Waals surface area contributed by atoms with Crippen molar-refractivity contribution in [2.75, 3.05) is 6.61 Å². The number of hydrogen-bond donors (Lipinski definition) is 2. The molecule has 0 aliphatic heterocycles. The smallest absolute Gasteiger partial charge is 0.0582 e. The topological polar surface area (TPSA) is 32.3 Å². The van der Waals surface area contributed by atoms with Crippen molar-refractivity contribution < 1.29 is 5.11 Å². The van der Waals surface area contributed by atoms with E-state index in [0.717, 1.165) is 5.92 Å². The van der Waals surface area contributed by atoms with Crippen LogP contribution in [0.15, 0.2) is 30.3 Å². The lowest BCUT2D eigenvalue weighted by Gasteiger charge is -2.28. The fraction of sp³-hybridized carbons (Fsp3) is 0.600. The van der Waals surface area contributed by atoms with Crippen molar-refractivity contribution in [2.24, 2.45) is 5.92 Å². The van der Waals surface area contributed by atoms with Gasteiger partial charge in [-0.05, 0) is 31.2 Å². The minimum atomic E-state index is 0.167. The second kappa shape index (κ2) is 6.18. The molecule has 1 aliphatic carbocycles. The SMILES string of the molecule is C[C@@H](CO)NC(c1ccccc1)C1CCCC1. The molecule has 2 nitrogen and oxygen atoms in total. The Morgan fingerprint density at radius 1 is 1.24 bits per heavy atom. The second-order valence-electron chi connectivity index (χ2n) is 5.18. The molecular weight excluding hydrogens is 210 g/mol. The van der Waals surface area contributed by atoms with Gasteiger partial charge < -0.3 is 10.4 Å². The molecule has 0 amide bonds. The van der Waals surface area contributed by atoms with Crippen LogP contribution in [0.1, 0.15) is 44.2 Å². The van der Waals surface area contributed by atoms with Gasteiger partial charge in [-0.1, -0.05) is 43.2 Å². The van der Waals surface area contributed by atoms with Crippen molar-refractivity contribution in [1.29, 1.82) is 0 Å². The van der Waals surface area contributed by atoms with Crippen LogP contribution < -0.4 is 5.32 Å². The molecule has 0 spiro atoms. The monoisotopic (exact) mass is 233 g/mol. The number of aliphatic hydroxyl groups is 1. The molecule has 1 aromatic rings. The standard InChI is InChI=1S/C15H23NO/c1-12(11-17)16-15(14-9-5-6-10-14)13-7-3-2-4-8-13/h2-4,7-8,12,14-17H,5-6,9-11H2,1H3/t12-,15?/m0/s1. The van der Waals surface area contributed by atoms with E-state index in [1.165, 1.54) is 31.2 Å². The van der Waals surface area contributed by atoms with Gasteiger partial charge in [-0.15, -0.1) is 0 Å². The first kappa shape index (κ1) is 12.6. The van der Waals surface area contributed by atoms with Gasteiger partial charge in [0.05, 0.1) is 6.61 Å². The average molecular weight is 233 g/mol. The Balaban J connectivity index is 2.11. The first-order valence-corrected chi connectivity index (χ1v) is 6.73. The van der Waals surface area contributed by atoms with E-state index in [2.05, 4.69) is 35.6 Å². The van der Waals surface area contributed by atoms with Crippen molar-refractivity contribution in [2.45, 2.75) is 44.7 Å². The highest BCUT2D eigenvalue weighted by molar-refractivity contribution is 5.20. The Hall–Kier alpha value is -0.860. The molecule has 17 heavy (non-hydrogen) atoms. The van der Waals surface area contributed by atoms with Gasteiger partial charge in [0.1, 0.15) is 0 Å². The van der Waals surface area contributed by atoms with E-state index in [1.54, 1.807) is 0 Å². The zero-order valence-electron chi connectivity index (χ0n) is 10.6. The van der Waals surface area contributed by atoms with Gasteiger partial charge in [0.2, 0.25) is 0 Å². The molecule has 0 radical (unpaired) electrons. The Morgan fingerprint density at radius 2 is 1.88 bits per heavy atom. The fourth-order valence-electron chi connectivity index (χ4n) is 2.81. The van der Waals surface area contributed by atoms with E-state index in [1.807, 2.05) is 6.92 Å². The number of aliphatic hydroxyl groups excluding tert-OH is 1. The van der Waals surface area contributed by atoms with E-state index < -0.39 is 0 Å². The van der Waals surface area contributed by atoms with Gasteiger partial charge in [-0.25, -0.2) is 0 Å². The first-order chi connectivity index (χ1) is 8.31. The lowest BCUT2D eigenvalue weighted by atomic mass is 9.91. The molecule has 1 unspecified atom stereocenters. The van der Waals surface area contributed by atoms with Gasteiger partial charge in [0.15, 0.2) is 0 Å². The van der Waals surface area contributed by atoms with Crippen molar-refractivity contribution in [1.82, 2.24) is 5.32 Å². The van der Waals surface area contributed by atoms with Crippen molar-refractivity contribution in [3.05, 3.63) is 35.9 Å². The lowest BCUT2D eigenvalue weighted by Crippen LogP contribution is -2.36. The van der Waals surface area contributed by atoms with Crippen LogP contribution in [0.2, 0.25) is 0 Å². The molecule has 1 aliphatic rings. The molecule has 94 valence electrons. The second-order valence-corrected chi connectivity index (χ2v) is 5.18. The average Bonchev–Trinajstić information content (AvgIpc) is 2.90. The first-order valence-electron chi connectivity index (χ1n) is 6.73. The molecule has 0 aromatic heterocycles. The highest BCUT2D eigenvalue weighted by atomic mass is 16.3. The van der Waals surface area contributed by atoms with Gasteiger partial charge in [0, 0.05) is 12.1 Å². The summed E-state index contributed by atoms with van der Waals surface area (Å²) in [5.41, 5.74) is 1.36. The molecule has 0 bridgehead atoms. The summed E-state index contributed by atoms with van der Waals surface area (Å²) in [6.07, 6.45) is 5.32. The highest BCUT2D eigenvalue weighted by Gasteiger charge is 2.26. The zero-order valence-corrected chi connectivity index (χ0v) is 10.6. The predicted octanol–water partition coefficient (Wildman–Crippen LogP) is 2.89. The predicted molar refractivity (Wildman–Crippen MR) is 70.8 cm³/mol. The molecule has 0 saturated heterocycles. The normalized spacial score (nSPS) is 20.4. The zero-order chi connectivity index (χ0) is 12.1. The maximum absolute atomic E-state index is 9.21. The third-order valence-electron chi connectivity index (χ3n) is 3.77. The molecule has 2 heteroatoms. The molecular formula is C15H23NO. The third kappa shape index (κ3) is 3.30. The molecule has 1 saturated carbocycles. The van der Waals surface area contributed by atoms with Gasteiger partial charge >= 0.3 is 0 Å². The lowest BCUT2D eigenvalue weighted by molar-refractivity contribution is 0.224. The van der Waals surface area contributed by atoms with Crippen LogP contribution >= 0.6 is 0 Å². The Labute approximate surface area is 104 Å². The van der Waals surface area contributed by atoms with Crippen LogP contribution in [0.25, 0.3) is 0 Å². The third-order valence-corrected chi connectivity index (χ3v) is 3.77. The van der Waals surface area contributed by atoms with Crippen LogP contribution in [0.5, 0.6) is 0 Å². The van der Waals surface area contributed by atoms with Crippen molar-refractivity contribution in [3.8, 4) is 0 Å². The molecule has 2 N–H and O–H groups in total.